The van der Waals surface area contributed by atoms with E-state index in [1.165, 1.54) is 5.30 Å². The van der Waals surface area contributed by atoms with Gasteiger partial charge < -0.3 is 0 Å². The molecule has 0 saturated heterocycles. The fourth-order valence-corrected chi connectivity index (χ4v) is 56.1. The Morgan fingerprint density at radius 3 is 1.13 bits per heavy atom. The van der Waals surface area contributed by atoms with E-state index in [4.69, 9.17) is 11.1 Å². The van der Waals surface area contributed by atoms with E-state index in [9.17, 15) is 0 Å². The number of hydrogen-bond donors (Lipinski definition) is 0. The first kappa shape index (κ1) is 40.6. The van der Waals surface area contributed by atoms with Crippen molar-refractivity contribution in [1.29, 1.82) is 0 Å². The van der Waals surface area contributed by atoms with Crippen molar-refractivity contribution in [2.45, 2.75) is 133 Å². The molecule has 0 unspecified atom stereocenters. The van der Waals surface area contributed by atoms with Crippen LogP contribution in [-0.2, 0) is 0 Å². The second-order valence-electron chi connectivity index (χ2n) is 20.7. The standard InChI is InChI=1S/C37H68ClPSi7/c1-40(2,3)35(41(4,5)6)30-28-32(36(42(7,8)9)43(10,11)12)34(33(29-30)37(44(13,14)15)45(16,17)18)46(38)26-24-39(25-27-46)31-22-20-19-21-23-31/h19-29,35-37H,1-18H3. The summed E-state index contributed by atoms with van der Waals surface area (Å²) < 4.78 is 0. The number of benzene rings is 2. The second kappa shape index (κ2) is 13.7. The van der Waals surface area contributed by atoms with Crippen molar-refractivity contribution in [2.75, 3.05) is 0 Å². The Hall–Kier alpha value is 0.158. The highest BCUT2D eigenvalue weighted by molar-refractivity contribution is 7.72. The second-order valence-corrected chi connectivity index (χ2v) is 60.8. The van der Waals surface area contributed by atoms with Crippen molar-refractivity contribution < 1.29 is 0 Å². The van der Waals surface area contributed by atoms with Gasteiger partial charge in [0.1, 0.15) is 0 Å². The zero-order chi connectivity index (χ0) is 35.5. The molecule has 1 aliphatic rings. The minimum atomic E-state index is -2.63. The Labute approximate surface area is 298 Å². The lowest BCUT2D eigenvalue weighted by Gasteiger charge is -2.47. The number of halogens is 1. The molecule has 0 amide bonds. The first-order chi connectivity index (χ1) is 20.5. The summed E-state index contributed by atoms with van der Waals surface area (Å²) >= 11 is 8.32. The van der Waals surface area contributed by atoms with Crippen LogP contribution in [0.25, 0.3) is 0 Å². The molecule has 0 saturated carbocycles. The van der Waals surface area contributed by atoms with E-state index in [1.807, 2.05) is 0 Å². The van der Waals surface area contributed by atoms with Crippen LogP contribution in [0.4, 0.5) is 0 Å². The van der Waals surface area contributed by atoms with Gasteiger partial charge in [0.15, 0.2) is 0 Å². The summed E-state index contributed by atoms with van der Waals surface area (Å²) in [6.45, 7) is 47.7. The van der Waals surface area contributed by atoms with Crippen LogP contribution in [0.2, 0.25) is 118 Å². The number of hydrogen-bond acceptors (Lipinski definition) is 0. The molecule has 0 bridgehead atoms. The van der Waals surface area contributed by atoms with Crippen LogP contribution in [0.1, 0.15) is 32.2 Å². The Morgan fingerprint density at radius 2 is 0.826 bits per heavy atom. The maximum absolute atomic E-state index is 8.32. The molecule has 2 aromatic rings. The maximum atomic E-state index is 8.32. The van der Waals surface area contributed by atoms with Gasteiger partial charge >= 0.3 is 0 Å². The van der Waals surface area contributed by atoms with Gasteiger partial charge in [-0.05, 0) is 50.6 Å². The summed E-state index contributed by atoms with van der Waals surface area (Å²) in [4.78, 5) is 0. The lowest BCUT2D eigenvalue weighted by atomic mass is 10.1. The Morgan fingerprint density at radius 1 is 0.500 bits per heavy atom. The van der Waals surface area contributed by atoms with Crippen LogP contribution in [0.5, 0.6) is 0 Å². The third kappa shape index (κ3) is 9.28. The van der Waals surface area contributed by atoms with Crippen LogP contribution in [-0.4, -0.2) is 55.8 Å². The minimum absolute atomic E-state index is 0.468. The first-order valence-electron chi connectivity index (χ1n) is 17.6. The van der Waals surface area contributed by atoms with Crippen molar-refractivity contribution >= 4 is 85.3 Å². The van der Waals surface area contributed by atoms with E-state index >= 15 is 0 Å². The largest absolute Gasteiger partial charge is 0.234 e. The molecule has 0 aliphatic carbocycles. The van der Waals surface area contributed by atoms with Gasteiger partial charge in [0.25, 0.3) is 0 Å². The molecule has 0 nitrogen and oxygen atoms in total. The van der Waals surface area contributed by atoms with Gasteiger partial charge in [-0.15, -0.1) is 11.1 Å². The molecule has 3 rings (SSSR count). The molecule has 0 radical (unpaired) electrons. The molecule has 0 fully saturated rings. The molecule has 0 atom stereocenters. The first-order valence-corrected chi connectivity index (χ1v) is 43.7. The van der Waals surface area contributed by atoms with E-state index in [-0.39, 0.29) is 0 Å². The lowest BCUT2D eigenvalue weighted by molar-refractivity contribution is 1.10. The summed E-state index contributed by atoms with van der Waals surface area (Å²) in [5, 5.41) is 5.08. The Balaban J connectivity index is 2.62. The zero-order valence-electron chi connectivity index (χ0n) is 32.9. The molecule has 2 aromatic carbocycles. The molecular weight excluding hydrogens is 707 g/mol. The van der Waals surface area contributed by atoms with E-state index in [0.717, 1.165) is 5.16 Å². The zero-order valence-corrected chi connectivity index (χ0v) is 41.6. The van der Waals surface area contributed by atoms with Crippen LogP contribution in [0, 0.1) is 0 Å². The highest BCUT2D eigenvalue weighted by atomic mass is 35.6. The fourth-order valence-electron chi connectivity index (χ4n) is 9.96. The van der Waals surface area contributed by atoms with Gasteiger partial charge in [0, 0.05) is 48.4 Å². The van der Waals surface area contributed by atoms with Crippen LogP contribution in [0.3, 0.4) is 0 Å². The molecule has 0 N–H and O–H groups in total. The van der Waals surface area contributed by atoms with Crippen LogP contribution >= 0.6 is 19.0 Å². The number of rotatable bonds is 11. The van der Waals surface area contributed by atoms with Crippen molar-refractivity contribution in [3.05, 3.63) is 82.2 Å². The fraction of sp³-hybridized carbons (Fsp3) is 0.568. The molecule has 0 spiro atoms. The highest BCUT2D eigenvalue weighted by Gasteiger charge is 2.49. The van der Waals surface area contributed by atoms with Gasteiger partial charge in [-0.2, -0.15) is 0 Å². The summed E-state index contributed by atoms with van der Waals surface area (Å²) in [7, 11) is -12.7. The quantitative estimate of drug-likeness (QED) is 0.121. The topological polar surface area (TPSA) is 0 Å². The van der Waals surface area contributed by atoms with Gasteiger partial charge in [-0.25, -0.2) is 0 Å². The van der Waals surface area contributed by atoms with Crippen LogP contribution in [0.15, 0.2) is 65.5 Å². The average molecular weight is 776 g/mol. The minimum Gasteiger partial charge on any atom is -0.150 e. The molecule has 256 valence electrons. The lowest BCUT2D eigenvalue weighted by Crippen LogP contribution is -2.57. The van der Waals surface area contributed by atoms with E-state index in [1.54, 1.807) is 21.9 Å². The summed E-state index contributed by atoms with van der Waals surface area (Å²) in [5.41, 5.74) is 10.2. The van der Waals surface area contributed by atoms with Crippen molar-refractivity contribution in [2.24, 2.45) is 0 Å². The van der Waals surface area contributed by atoms with Crippen molar-refractivity contribution in [3.8, 4) is 0 Å². The highest BCUT2D eigenvalue weighted by Crippen LogP contribution is 2.48. The van der Waals surface area contributed by atoms with Gasteiger partial charge in [-0.1, -0.05) is 183 Å². The molecule has 46 heavy (non-hydrogen) atoms. The van der Waals surface area contributed by atoms with Crippen molar-refractivity contribution in [3.63, 3.8) is 0 Å². The van der Waals surface area contributed by atoms with Crippen molar-refractivity contribution in [1.82, 2.24) is 0 Å². The smallest absolute Gasteiger partial charge is 0.150 e. The van der Waals surface area contributed by atoms with E-state index < -0.39 is 63.7 Å². The summed E-state index contributed by atoms with van der Waals surface area (Å²) in [6.07, 6.45) is 0. The SMILES string of the molecule is C[Si](C)(C)C(c1cc(C([Si](C)(C)C)[Si](C)(C)C)c([Si]2(Cl)C=CP(c3ccccc3)C=C2)c(C([Si](C)(C)C)[Si](C)(C)C)c1)[Si](C)(C)C. The molecule has 1 aliphatic heterocycles. The predicted molar refractivity (Wildman–Crippen MR) is 237 cm³/mol. The normalized spacial score (nSPS) is 20.3. The molecule has 1 heterocycles. The molecular formula is C37H68ClPSi7. The summed E-state index contributed by atoms with van der Waals surface area (Å²) in [6, 6.07) is 16.7. The molecule has 9 heteroatoms. The third-order valence-corrected chi connectivity index (χ3v) is 44.0. The van der Waals surface area contributed by atoms with E-state index in [0.29, 0.717) is 10.3 Å². The average Bonchev–Trinajstić information content (AvgIpc) is 2.79. The molecule has 0 aromatic heterocycles. The monoisotopic (exact) mass is 774 g/mol. The van der Waals surface area contributed by atoms with E-state index in [2.05, 4.69) is 183 Å². The Bertz CT molecular complexity index is 1320. The Kier molecular flexibility index (Phi) is 12.1. The van der Waals surface area contributed by atoms with Crippen LogP contribution < -0.4 is 10.5 Å². The van der Waals surface area contributed by atoms with Gasteiger partial charge in [0.2, 0.25) is 7.38 Å². The summed E-state index contributed by atoms with van der Waals surface area (Å²) in [5.74, 6) is 5.04. The maximum Gasteiger partial charge on any atom is 0.234 e. The predicted octanol–water partition coefficient (Wildman–Crippen LogP) is 12.5. The van der Waals surface area contributed by atoms with Gasteiger partial charge in [-0.3, -0.25) is 0 Å². The third-order valence-electron chi connectivity index (χ3n) is 9.77. The van der Waals surface area contributed by atoms with Gasteiger partial charge in [0.05, 0.1) is 0 Å².